The first-order valence-electron chi connectivity index (χ1n) is 6.36. The third kappa shape index (κ3) is 2.87. The summed E-state index contributed by atoms with van der Waals surface area (Å²) in [4.78, 5) is 1.39. The van der Waals surface area contributed by atoms with Crippen molar-refractivity contribution in [3.8, 4) is 11.5 Å². The van der Waals surface area contributed by atoms with Crippen LogP contribution >= 0.6 is 11.8 Å². The van der Waals surface area contributed by atoms with E-state index in [1.54, 1.807) is 7.11 Å². The standard InChI is InChI=1S/C16H16O2S/c1-17-13-6-4-7-14(10-13)18-11-15-9-12-5-2-3-8-16(12)19-15/h2-8,10,15H,9,11H2,1H3. The lowest BCUT2D eigenvalue weighted by molar-refractivity contribution is 0.315. The number of ether oxygens (including phenoxy) is 2. The van der Waals surface area contributed by atoms with Gasteiger partial charge in [-0.15, -0.1) is 11.8 Å². The third-order valence-electron chi connectivity index (χ3n) is 3.19. The van der Waals surface area contributed by atoms with Gasteiger partial charge in [0.1, 0.15) is 18.1 Å². The monoisotopic (exact) mass is 272 g/mol. The van der Waals surface area contributed by atoms with Gasteiger partial charge in [-0.3, -0.25) is 0 Å². The highest BCUT2D eigenvalue weighted by molar-refractivity contribution is 8.00. The van der Waals surface area contributed by atoms with E-state index in [9.17, 15) is 0 Å². The molecule has 1 aliphatic heterocycles. The molecule has 0 fully saturated rings. The minimum absolute atomic E-state index is 0.503. The number of hydrogen-bond acceptors (Lipinski definition) is 3. The highest BCUT2D eigenvalue weighted by Gasteiger charge is 2.22. The first-order valence-corrected chi connectivity index (χ1v) is 7.24. The van der Waals surface area contributed by atoms with Crippen LogP contribution in [0.5, 0.6) is 11.5 Å². The summed E-state index contributed by atoms with van der Waals surface area (Å²) in [6.45, 7) is 0.729. The van der Waals surface area contributed by atoms with Crippen molar-refractivity contribution >= 4 is 11.8 Å². The summed E-state index contributed by atoms with van der Waals surface area (Å²) in [7, 11) is 1.67. The van der Waals surface area contributed by atoms with Crippen molar-refractivity contribution in [2.75, 3.05) is 13.7 Å². The second kappa shape index (κ2) is 5.57. The molecule has 0 N–H and O–H groups in total. The predicted molar refractivity (Wildman–Crippen MR) is 78.3 cm³/mol. The zero-order chi connectivity index (χ0) is 13.1. The zero-order valence-corrected chi connectivity index (χ0v) is 11.7. The molecule has 0 aromatic heterocycles. The van der Waals surface area contributed by atoms with E-state index in [4.69, 9.17) is 9.47 Å². The van der Waals surface area contributed by atoms with Crippen molar-refractivity contribution in [1.29, 1.82) is 0 Å². The first-order chi connectivity index (χ1) is 9.35. The SMILES string of the molecule is COc1cccc(OCC2Cc3ccccc3S2)c1. The van der Waals surface area contributed by atoms with Crippen LogP contribution in [-0.2, 0) is 6.42 Å². The number of hydrogen-bond donors (Lipinski definition) is 0. The van der Waals surface area contributed by atoms with Crippen LogP contribution < -0.4 is 9.47 Å². The van der Waals surface area contributed by atoms with Crippen molar-refractivity contribution in [2.45, 2.75) is 16.6 Å². The lowest BCUT2D eigenvalue weighted by Crippen LogP contribution is -2.13. The van der Waals surface area contributed by atoms with E-state index < -0.39 is 0 Å². The summed E-state index contributed by atoms with van der Waals surface area (Å²) in [5.74, 6) is 1.70. The Morgan fingerprint density at radius 2 is 1.95 bits per heavy atom. The second-order valence-corrected chi connectivity index (χ2v) is 5.88. The van der Waals surface area contributed by atoms with Gasteiger partial charge >= 0.3 is 0 Å². The fraction of sp³-hybridized carbons (Fsp3) is 0.250. The van der Waals surface area contributed by atoms with Crippen molar-refractivity contribution in [3.05, 3.63) is 54.1 Å². The molecule has 0 aliphatic carbocycles. The molecule has 1 unspecified atom stereocenters. The fourth-order valence-electron chi connectivity index (χ4n) is 2.23. The Morgan fingerprint density at radius 1 is 1.11 bits per heavy atom. The number of rotatable bonds is 4. The zero-order valence-electron chi connectivity index (χ0n) is 10.8. The molecule has 0 spiro atoms. The van der Waals surface area contributed by atoms with Gasteiger partial charge in [0.05, 0.1) is 7.11 Å². The highest BCUT2D eigenvalue weighted by atomic mass is 32.2. The minimum Gasteiger partial charge on any atom is -0.497 e. The molecule has 0 saturated carbocycles. The van der Waals surface area contributed by atoms with Crippen LogP contribution in [0.25, 0.3) is 0 Å². The molecule has 1 aliphatic rings. The Morgan fingerprint density at radius 3 is 2.79 bits per heavy atom. The molecule has 3 rings (SSSR count). The van der Waals surface area contributed by atoms with Gasteiger partial charge in [-0.05, 0) is 30.2 Å². The van der Waals surface area contributed by atoms with Crippen LogP contribution in [0.3, 0.4) is 0 Å². The average molecular weight is 272 g/mol. The Bertz CT molecular complexity index is 543. The van der Waals surface area contributed by atoms with E-state index in [2.05, 4.69) is 24.3 Å². The van der Waals surface area contributed by atoms with E-state index in [0.29, 0.717) is 5.25 Å². The van der Waals surface area contributed by atoms with Gasteiger partial charge in [0.2, 0.25) is 0 Å². The van der Waals surface area contributed by atoms with Gasteiger partial charge in [-0.1, -0.05) is 24.3 Å². The molecule has 0 amide bonds. The van der Waals surface area contributed by atoms with Crippen molar-refractivity contribution in [3.63, 3.8) is 0 Å². The van der Waals surface area contributed by atoms with Crippen LogP contribution in [0.2, 0.25) is 0 Å². The Balaban J connectivity index is 1.59. The Labute approximate surface area is 117 Å². The maximum absolute atomic E-state index is 5.86. The second-order valence-electron chi connectivity index (χ2n) is 4.54. The summed E-state index contributed by atoms with van der Waals surface area (Å²) in [6.07, 6.45) is 1.09. The van der Waals surface area contributed by atoms with E-state index in [0.717, 1.165) is 24.5 Å². The van der Waals surface area contributed by atoms with Gasteiger partial charge in [-0.2, -0.15) is 0 Å². The molecular weight excluding hydrogens is 256 g/mol. The topological polar surface area (TPSA) is 18.5 Å². The van der Waals surface area contributed by atoms with Crippen LogP contribution in [0.4, 0.5) is 0 Å². The predicted octanol–water partition coefficient (Wildman–Crippen LogP) is 3.79. The van der Waals surface area contributed by atoms with E-state index in [1.807, 2.05) is 36.0 Å². The molecule has 2 aromatic carbocycles. The highest BCUT2D eigenvalue weighted by Crippen LogP contribution is 2.37. The molecule has 98 valence electrons. The van der Waals surface area contributed by atoms with Crippen LogP contribution in [0.15, 0.2) is 53.4 Å². The maximum atomic E-state index is 5.86. The lowest BCUT2D eigenvalue weighted by Gasteiger charge is -2.11. The van der Waals surface area contributed by atoms with Gasteiger partial charge in [0, 0.05) is 16.2 Å². The number of benzene rings is 2. The van der Waals surface area contributed by atoms with Crippen LogP contribution in [0, 0.1) is 0 Å². The van der Waals surface area contributed by atoms with Gasteiger partial charge < -0.3 is 9.47 Å². The summed E-state index contributed by atoms with van der Waals surface area (Å²) in [5, 5.41) is 0.503. The van der Waals surface area contributed by atoms with Crippen LogP contribution in [0.1, 0.15) is 5.56 Å². The van der Waals surface area contributed by atoms with Crippen molar-refractivity contribution < 1.29 is 9.47 Å². The van der Waals surface area contributed by atoms with Gasteiger partial charge in [-0.25, -0.2) is 0 Å². The van der Waals surface area contributed by atoms with Crippen LogP contribution in [-0.4, -0.2) is 19.0 Å². The Hall–Kier alpha value is -1.61. The molecule has 1 heterocycles. The number of methoxy groups -OCH3 is 1. The molecule has 0 bridgehead atoms. The smallest absolute Gasteiger partial charge is 0.123 e. The van der Waals surface area contributed by atoms with Crippen molar-refractivity contribution in [2.24, 2.45) is 0 Å². The normalized spacial score (nSPS) is 17.0. The summed E-state index contributed by atoms with van der Waals surface area (Å²) < 4.78 is 11.1. The summed E-state index contributed by atoms with van der Waals surface area (Å²) in [6, 6.07) is 16.3. The lowest BCUT2D eigenvalue weighted by atomic mass is 10.1. The van der Waals surface area contributed by atoms with Gasteiger partial charge in [0.15, 0.2) is 0 Å². The molecule has 0 saturated heterocycles. The first kappa shape index (κ1) is 12.4. The number of fused-ring (bicyclic) bond motifs is 1. The van der Waals surface area contributed by atoms with E-state index >= 15 is 0 Å². The van der Waals surface area contributed by atoms with Crippen molar-refractivity contribution in [1.82, 2.24) is 0 Å². The summed E-state index contributed by atoms with van der Waals surface area (Å²) in [5.41, 5.74) is 1.44. The maximum Gasteiger partial charge on any atom is 0.123 e. The molecule has 2 nitrogen and oxygen atoms in total. The Kier molecular flexibility index (Phi) is 3.65. The average Bonchev–Trinajstić information content (AvgIpc) is 2.88. The molecule has 1 atom stereocenters. The van der Waals surface area contributed by atoms with Gasteiger partial charge in [0.25, 0.3) is 0 Å². The van der Waals surface area contributed by atoms with E-state index in [-0.39, 0.29) is 0 Å². The quantitative estimate of drug-likeness (QED) is 0.843. The minimum atomic E-state index is 0.503. The third-order valence-corrected chi connectivity index (χ3v) is 4.48. The molecule has 2 aromatic rings. The number of thioether (sulfide) groups is 1. The largest absolute Gasteiger partial charge is 0.497 e. The molecular formula is C16H16O2S. The molecule has 3 heteroatoms. The molecule has 19 heavy (non-hydrogen) atoms. The molecule has 0 radical (unpaired) electrons. The van der Waals surface area contributed by atoms with E-state index in [1.165, 1.54) is 10.5 Å². The summed E-state index contributed by atoms with van der Waals surface area (Å²) >= 11 is 1.91. The fourth-order valence-corrected chi connectivity index (χ4v) is 3.45.